The average molecular weight is 291 g/mol. The Hall–Kier alpha value is -1.94. The van der Waals surface area contributed by atoms with Crippen molar-refractivity contribution >= 4 is 0 Å². The molecule has 21 heavy (non-hydrogen) atoms. The van der Waals surface area contributed by atoms with Crippen LogP contribution in [0.15, 0.2) is 42.5 Å². The molecule has 2 aromatic rings. The van der Waals surface area contributed by atoms with Crippen LogP contribution in [0.4, 0.5) is 8.78 Å². The van der Waals surface area contributed by atoms with Gasteiger partial charge in [0.2, 0.25) is 0 Å². The molecule has 0 aliphatic carbocycles. The summed E-state index contributed by atoms with van der Waals surface area (Å²) in [4.78, 5) is 0. The highest BCUT2D eigenvalue weighted by molar-refractivity contribution is 5.31. The summed E-state index contributed by atoms with van der Waals surface area (Å²) in [5, 5.41) is 3.16. The molecule has 112 valence electrons. The van der Waals surface area contributed by atoms with Crippen molar-refractivity contribution in [1.82, 2.24) is 5.32 Å². The van der Waals surface area contributed by atoms with Crippen LogP contribution in [0.5, 0.6) is 5.75 Å². The normalized spacial score (nSPS) is 12.2. The Morgan fingerprint density at radius 3 is 2.52 bits per heavy atom. The summed E-state index contributed by atoms with van der Waals surface area (Å²) in [6.07, 6.45) is 0. The van der Waals surface area contributed by atoms with Crippen molar-refractivity contribution in [3.63, 3.8) is 0 Å². The molecule has 0 radical (unpaired) electrons. The first-order valence-corrected chi connectivity index (χ1v) is 7.01. The highest BCUT2D eigenvalue weighted by Crippen LogP contribution is 2.22. The number of hydrogen-bond acceptors (Lipinski definition) is 2. The largest absolute Gasteiger partial charge is 0.489 e. The predicted octanol–water partition coefficient (Wildman–Crippen LogP) is 4.21. The molecule has 0 aromatic heterocycles. The molecule has 2 nitrogen and oxygen atoms in total. The molecule has 0 heterocycles. The molecule has 2 aromatic carbocycles. The van der Waals surface area contributed by atoms with Gasteiger partial charge in [-0.2, -0.15) is 0 Å². The van der Waals surface area contributed by atoms with Crippen molar-refractivity contribution in [2.75, 3.05) is 6.54 Å². The smallest absolute Gasteiger partial charge is 0.131 e. The minimum atomic E-state index is -0.325. The topological polar surface area (TPSA) is 21.3 Å². The molecule has 0 saturated heterocycles. The summed E-state index contributed by atoms with van der Waals surface area (Å²) in [7, 11) is 0. The van der Waals surface area contributed by atoms with E-state index in [0.29, 0.717) is 16.9 Å². The van der Waals surface area contributed by atoms with E-state index in [0.717, 1.165) is 6.54 Å². The number of rotatable bonds is 6. The first-order chi connectivity index (χ1) is 10.1. The Balaban J connectivity index is 2.05. The van der Waals surface area contributed by atoms with Gasteiger partial charge in [-0.3, -0.25) is 0 Å². The van der Waals surface area contributed by atoms with Crippen LogP contribution in [0.25, 0.3) is 0 Å². The van der Waals surface area contributed by atoms with E-state index < -0.39 is 0 Å². The number of nitrogens with one attached hydrogen (secondary N) is 1. The molecule has 0 fully saturated rings. The van der Waals surface area contributed by atoms with E-state index >= 15 is 0 Å². The maximum Gasteiger partial charge on any atom is 0.131 e. The number of halogens is 2. The monoisotopic (exact) mass is 291 g/mol. The molecular formula is C17H19F2NO. The Morgan fingerprint density at radius 2 is 1.86 bits per heavy atom. The molecule has 1 unspecified atom stereocenters. The Morgan fingerprint density at radius 1 is 1.10 bits per heavy atom. The van der Waals surface area contributed by atoms with Gasteiger partial charge in [0.05, 0.1) is 0 Å². The van der Waals surface area contributed by atoms with Gasteiger partial charge in [-0.05, 0) is 25.6 Å². The Bertz CT molecular complexity index is 601. The first-order valence-electron chi connectivity index (χ1n) is 7.01. The third-order valence-corrected chi connectivity index (χ3v) is 3.30. The van der Waals surface area contributed by atoms with Crippen LogP contribution in [0, 0.1) is 11.6 Å². The van der Waals surface area contributed by atoms with Gasteiger partial charge in [-0.1, -0.05) is 31.2 Å². The molecule has 0 aliphatic rings. The van der Waals surface area contributed by atoms with Crippen molar-refractivity contribution in [2.45, 2.75) is 26.5 Å². The number of ether oxygens (including phenoxy) is 1. The second-order valence-corrected chi connectivity index (χ2v) is 4.84. The van der Waals surface area contributed by atoms with Gasteiger partial charge in [0.1, 0.15) is 24.0 Å². The fraction of sp³-hybridized carbons (Fsp3) is 0.294. The summed E-state index contributed by atoms with van der Waals surface area (Å²) in [5.74, 6) is -0.256. The van der Waals surface area contributed by atoms with Gasteiger partial charge in [0.25, 0.3) is 0 Å². The zero-order valence-electron chi connectivity index (χ0n) is 12.2. The number of hydrogen-bond donors (Lipinski definition) is 1. The first kappa shape index (κ1) is 15.4. The van der Waals surface area contributed by atoms with Crippen LogP contribution in [0.2, 0.25) is 0 Å². The minimum Gasteiger partial charge on any atom is -0.489 e. The van der Waals surface area contributed by atoms with E-state index in [9.17, 15) is 8.78 Å². The fourth-order valence-corrected chi connectivity index (χ4v) is 2.14. The predicted molar refractivity (Wildman–Crippen MR) is 79.2 cm³/mol. The maximum absolute atomic E-state index is 14.0. The minimum absolute atomic E-state index is 0.0596. The third-order valence-electron chi connectivity index (χ3n) is 3.30. The van der Waals surface area contributed by atoms with Gasteiger partial charge in [-0.25, -0.2) is 8.78 Å². The summed E-state index contributed by atoms with van der Waals surface area (Å²) in [5.41, 5.74) is 1.04. The van der Waals surface area contributed by atoms with E-state index in [1.807, 2.05) is 13.8 Å². The van der Waals surface area contributed by atoms with Crippen LogP contribution < -0.4 is 10.1 Å². The van der Waals surface area contributed by atoms with E-state index in [1.165, 1.54) is 12.1 Å². The molecule has 0 spiro atoms. The van der Waals surface area contributed by atoms with E-state index in [2.05, 4.69) is 5.32 Å². The second kappa shape index (κ2) is 7.18. The van der Waals surface area contributed by atoms with Crippen molar-refractivity contribution in [1.29, 1.82) is 0 Å². The Kier molecular flexibility index (Phi) is 5.28. The molecule has 0 saturated carbocycles. The van der Waals surface area contributed by atoms with Crippen molar-refractivity contribution in [2.24, 2.45) is 0 Å². The molecule has 0 bridgehead atoms. The molecule has 1 atom stereocenters. The fourth-order valence-electron chi connectivity index (χ4n) is 2.14. The lowest BCUT2D eigenvalue weighted by atomic mass is 10.1. The van der Waals surface area contributed by atoms with Crippen molar-refractivity contribution < 1.29 is 13.5 Å². The van der Waals surface area contributed by atoms with Gasteiger partial charge in [0.15, 0.2) is 0 Å². The lowest BCUT2D eigenvalue weighted by Gasteiger charge is -2.15. The molecule has 2 rings (SSSR count). The molecule has 0 aliphatic heterocycles. The molecular weight excluding hydrogens is 272 g/mol. The van der Waals surface area contributed by atoms with E-state index in [-0.39, 0.29) is 24.3 Å². The van der Waals surface area contributed by atoms with Gasteiger partial charge >= 0.3 is 0 Å². The molecule has 0 amide bonds. The van der Waals surface area contributed by atoms with Crippen LogP contribution >= 0.6 is 0 Å². The molecule has 1 N–H and O–H groups in total. The lowest BCUT2D eigenvalue weighted by molar-refractivity contribution is 0.298. The third kappa shape index (κ3) is 4.02. The van der Waals surface area contributed by atoms with E-state index in [4.69, 9.17) is 4.74 Å². The molecule has 4 heteroatoms. The SMILES string of the molecule is CCNC(C)c1ccc(OCc2ccccc2F)cc1F. The second-order valence-electron chi connectivity index (χ2n) is 4.84. The van der Waals surface area contributed by atoms with Crippen LogP contribution in [-0.4, -0.2) is 6.54 Å². The van der Waals surface area contributed by atoms with Gasteiger partial charge < -0.3 is 10.1 Å². The van der Waals surface area contributed by atoms with Crippen LogP contribution in [0.1, 0.15) is 31.0 Å². The summed E-state index contributed by atoms with van der Waals surface area (Å²) in [6.45, 7) is 4.72. The zero-order chi connectivity index (χ0) is 15.2. The summed E-state index contributed by atoms with van der Waals surface area (Å²) in [6, 6.07) is 11.1. The van der Waals surface area contributed by atoms with E-state index in [1.54, 1.807) is 30.3 Å². The Labute approximate surface area is 123 Å². The van der Waals surface area contributed by atoms with Crippen LogP contribution in [-0.2, 0) is 6.61 Å². The number of benzene rings is 2. The highest BCUT2D eigenvalue weighted by atomic mass is 19.1. The standard InChI is InChI=1S/C17H19F2NO/c1-3-20-12(2)15-9-8-14(10-17(15)19)21-11-13-6-4-5-7-16(13)18/h4-10,12,20H,3,11H2,1-2H3. The van der Waals surface area contributed by atoms with Crippen molar-refractivity contribution in [3.8, 4) is 5.75 Å². The van der Waals surface area contributed by atoms with Crippen molar-refractivity contribution in [3.05, 3.63) is 65.2 Å². The summed E-state index contributed by atoms with van der Waals surface area (Å²) < 4.78 is 32.9. The average Bonchev–Trinajstić information content (AvgIpc) is 2.46. The quantitative estimate of drug-likeness (QED) is 0.860. The maximum atomic E-state index is 14.0. The van der Waals surface area contributed by atoms with Crippen LogP contribution in [0.3, 0.4) is 0 Å². The summed E-state index contributed by atoms with van der Waals surface area (Å²) >= 11 is 0. The van der Waals surface area contributed by atoms with Gasteiger partial charge in [0, 0.05) is 23.2 Å². The highest BCUT2D eigenvalue weighted by Gasteiger charge is 2.11. The van der Waals surface area contributed by atoms with Gasteiger partial charge in [-0.15, -0.1) is 0 Å². The zero-order valence-corrected chi connectivity index (χ0v) is 12.2. The lowest BCUT2D eigenvalue weighted by Crippen LogP contribution is -2.18.